The van der Waals surface area contributed by atoms with Crippen molar-refractivity contribution >= 4 is 39.2 Å². The Labute approximate surface area is 155 Å². The molecule has 0 saturated heterocycles. The summed E-state index contributed by atoms with van der Waals surface area (Å²) in [6, 6.07) is 1.92. The lowest BCUT2D eigenvalue weighted by Gasteiger charge is -2.08. The number of carbonyl (C=O) groups excluding carboxylic acids is 2. The highest BCUT2D eigenvalue weighted by atomic mass is 32.1. The Morgan fingerprint density at radius 1 is 1.27 bits per heavy atom. The second-order valence-electron chi connectivity index (χ2n) is 6.25. The van der Waals surface area contributed by atoms with Crippen molar-refractivity contribution in [3.05, 3.63) is 40.0 Å². The smallest absolute Gasteiger partial charge is 0.341 e. The van der Waals surface area contributed by atoms with Crippen molar-refractivity contribution in [1.29, 1.82) is 0 Å². The van der Waals surface area contributed by atoms with Crippen LogP contribution in [0, 0.1) is 13.8 Å². The maximum absolute atomic E-state index is 12.7. The molecule has 0 radical (unpaired) electrons. The van der Waals surface area contributed by atoms with E-state index in [0.717, 1.165) is 21.5 Å². The summed E-state index contributed by atoms with van der Waals surface area (Å²) in [5.74, 6) is -0.794. The number of rotatable bonds is 4. The molecule has 7 nitrogen and oxygen atoms in total. The molecule has 0 unspecified atom stereocenters. The molecule has 0 fully saturated rings. The van der Waals surface area contributed by atoms with Crippen molar-refractivity contribution in [3.8, 4) is 0 Å². The van der Waals surface area contributed by atoms with E-state index in [1.165, 1.54) is 24.6 Å². The van der Waals surface area contributed by atoms with Gasteiger partial charge in [0.2, 0.25) is 0 Å². The number of thiophene rings is 1. The van der Waals surface area contributed by atoms with Crippen molar-refractivity contribution in [2.75, 3.05) is 12.4 Å². The molecule has 0 aromatic carbocycles. The van der Waals surface area contributed by atoms with Gasteiger partial charge in [-0.2, -0.15) is 5.10 Å². The highest BCUT2D eigenvalue weighted by Crippen LogP contribution is 2.33. The lowest BCUT2D eigenvalue weighted by molar-refractivity contribution is 0.0601. The van der Waals surface area contributed by atoms with Gasteiger partial charge >= 0.3 is 5.97 Å². The van der Waals surface area contributed by atoms with Gasteiger partial charge in [0.05, 0.1) is 24.4 Å². The van der Waals surface area contributed by atoms with E-state index in [9.17, 15) is 9.59 Å². The van der Waals surface area contributed by atoms with Crippen LogP contribution in [0.3, 0.4) is 0 Å². The highest BCUT2D eigenvalue weighted by Gasteiger charge is 2.22. The fourth-order valence-electron chi connectivity index (χ4n) is 2.68. The molecule has 0 aliphatic heterocycles. The molecule has 1 N–H and O–H groups in total. The first kappa shape index (κ1) is 18.1. The van der Waals surface area contributed by atoms with Crippen molar-refractivity contribution in [2.45, 2.75) is 33.7 Å². The number of aromatic nitrogens is 3. The molecule has 3 rings (SSSR count). The Morgan fingerprint density at radius 2 is 2.00 bits per heavy atom. The molecule has 0 aliphatic rings. The maximum atomic E-state index is 12.7. The number of hydrogen-bond acceptors (Lipinski definition) is 6. The van der Waals surface area contributed by atoms with Gasteiger partial charge < -0.3 is 10.1 Å². The van der Waals surface area contributed by atoms with Gasteiger partial charge in [0.15, 0.2) is 5.65 Å². The Bertz CT molecular complexity index is 1000. The first-order valence-corrected chi connectivity index (χ1v) is 8.98. The van der Waals surface area contributed by atoms with Gasteiger partial charge in [0.25, 0.3) is 5.91 Å². The molecule has 0 bridgehead atoms. The summed E-state index contributed by atoms with van der Waals surface area (Å²) >= 11 is 1.35. The number of anilines is 1. The zero-order valence-corrected chi connectivity index (χ0v) is 16.1. The number of esters is 1. The topological polar surface area (TPSA) is 86.1 Å². The third kappa shape index (κ3) is 3.08. The molecule has 3 aromatic heterocycles. The zero-order chi connectivity index (χ0) is 19.0. The molecule has 0 atom stereocenters. The maximum Gasteiger partial charge on any atom is 0.341 e. The first-order chi connectivity index (χ1) is 12.3. The number of pyridine rings is 1. The van der Waals surface area contributed by atoms with Crippen LogP contribution in [0.2, 0.25) is 0 Å². The molecule has 1 amide bonds. The number of methoxy groups -OCH3 is 1. The Morgan fingerprint density at radius 3 is 2.65 bits per heavy atom. The van der Waals surface area contributed by atoms with E-state index in [1.807, 2.05) is 27.7 Å². The normalized spacial score (nSPS) is 11.2. The van der Waals surface area contributed by atoms with Gasteiger partial charge in [-0.15, -0.1) is 11.3 Å². The minimum Gasteiger partial charge on any atom is -0.465 e. The van der Waals surface area contributed by atoms with Crippen molar-refractivity contribution < 1.29 is 14.3 Å². The minimum atomic E-state index is -0.464. The van der Waals surface area contributed by atoms with E-state index in [4.69, 9.17) is 4.74 Å². The molecule has 0 spiro atoms. The van der Waals surface area contributed by atoms with Gasteiger partial charge in [0.1, 0.15) is 5.00 Å². The number of fused-ring (bicyclic) bond motifs is 1. The first-order valence-electron chi connectivity index (χ1n) is 8.16. The van der Waals surface area contributed by atoms with Crippen LogP contribution in [0.25, 0.3) is 11.0 Å². The van der Waals surface area contributed by atoms with Crippen LogP contribution in [0.15, 0.2) is 18.5 Å². The Hall–Kier alpha value is -2.74. The summed E-state index contributed by atoms with van der Waals surface area (Å²) in [5.41, 5.74) is 2.34. The van der Waals surface area contributed by atoms with Crippen molar-refractivity contribution in [1.82, 2.24) is 14.8 Å². The molecule has 3 heterocycles. The van der Waals surface area contributed by atoms with Crippen LogP contribution in [0.5, 0.6) is 0 Å². The molecule has 0 aliphatic carbocycles. The SMILES string of the molecule is COC(=O)c1c(NC(=O)c2cnc3c(cnn3C(C)C)c2)sc(C)c1C. The highest BCUT2D eigenvalue weighted by molar-refractivity contribution is 7.16. The van der Waals surface area contributed by atoms with Gasteiger partial charge in [0, 0.05) is 22.5 Å². The van der Waals surface area contributed by atoms with Crippen LogP contribution in [0.1, 0.15) is 51.0 Å². The number of nitrogens with zero attached hydrogens (tertiary/aromatic N) is 3. The third-order valence-corrected chi connectivity index (χ3v) is 5.31. The van der Waals surface area contributed by atoms with Crippen LogP contribution in [-0.4, -0.2) is 33.8 Å². The Kier molecular flexibility index (Phi) is 4.78. The molecule has 8 heteroatoms. The summed E-state index contributed by atoms with van der Waals surface area (Å²) < 4.78 is 6.64. The molecular formula is C18H20N4O3S. The van der Waals surface area contributed by atoms with Crippen molar-refractivity contribution in [3.63, 3.8) is 0 Å². The van der Waals surface area contributed by atoms with E-state index in [2.05, 4.69) is 15.4 Å². The fourth-order valence-corrected chi connectivity index (χ4v) is 3.72. The predicted molar refractivity (Wildman–Crippen MR) is 101 cm³/mol. The standard InChI is InChI=1S/C18H20N4O3S/c1-9(2)22-15-12(8-20-22)6-13(7-19-15)16(23)21-17-14(18(24)25-5)10(3)11(4)26-17/h6-9H,1-5H3,(H,21,23). The van der Waals surface area contributed by atoms with Crippen LogP contribution < -0.4 is 5.32 Å². The number of nitrogens with one attached hydrogen (secondary N) is 1. The fraction of sp³-hybridized carbons (Fsp3) is 0.333. The van der Waals surface area contributed by atoms with Gasteiger partial charge in [-0.1, -0.05) is 0 Å². The number of amides is 1. The summed E-state index contributed by atoms with van der Waals surface area (Å²) in [6.07, 6.45) is 3.21. The lowest BCUT2D eigenvalue weighted by atomic mass is 10.1. The molecule has 26 heavy (non-hydrogen) atoms. The number of carbonyl (C=O) groups is 2. The van der Waals surface area contributed by atoms with E-state index in [1.54, 1.807) is 16.9 Å². The zero-order valence-electron chi connectivity index (χ0n) is 15.3. The molecule has 3 aromatic rings. The van der Waals surface area contributed by atoms with Gasteiger partial charge in [-0.3, -0.25) is 4.79 Å². The minimum absolute atomic E-state index is 0.180. The predicted octanol–water partition coefficient (Wildman–Crippen LogP) is 3.73. The second-order valence-corrected chi connectivity index (χ2v) is 7.48. The summed E-state index contributed by atoms with van der Waals surface area (Å²) in [6.45, 7) is 7.77. The number of aryl methyl sites for hydroxylation is 1. The van der Waals surface area contributed by atoms with Gasteiger partial charge in [-0.05, 0) is 39.3 Å². The van der Waals surface area contributed by atoms with E-state index in [0.29, 0.717) is 16.1 Å². The quantitative estimate of drug-likeness (QED) is 0.705. The number of hydrogen-bond donors (Lipinski definition) is 1. The third-order valence-electron chi connectivity index (χ3n) is 4.19. The van der Waals surface area contributed by atoms with E-state index < -0.39 is 5.97 Å². The van der Waals surface area contributed by atoms with Gasteiger partial charge in [-0.25, -0.2) is 14.5 Å². The Balaban J connectivity index is 1.93. The monoisotopic (exact) mass is 372 g/mol. The lowest BCUT2D eigenvalue weighted by Crippen LogP contribution is -2.14. The summed E-state index contributed by atoms with van der Waals surface area (Å²) in [5, 5.41) is 8.39. The van der Waals surface area contributed by atoms with Crippen LogP contribution in [0.4, 0.5) is 5.00 Å². The molecular weight excluding hydrogens is 352 g/mol. The average Bonchev–Trinajstić information content (AvgIpc) is 3.15. The average molecular weight is 372 g/mol. The molecule has 0 saturated carbocycles. The largest absolute Gasteiger partial charge is 0.465 e. The van der Waals surface area contributed by atoms with E-state index in [-0.39, 0.29) is 11.9 Å². The van der Waals surface area contributed by atoms with Crippen LogP contribution in [-0.2, 0) is 4.74 Å². The molecule has 136 valence electrons. The second kappa shape index (κ2) is 6.87. The number of ether oxygens (including phenoxy) is 1. The van der Waals surface area contributed by atoms with E-state index >= 15 is 0 Å². The van der Waals surface area contributed by atoms with Crippen molar-refractivity contribution in [2.24, 2.45) is 0 Å². The summed E-state index contributed by atoms with van der Waals surface area (Å²) in [4.78, 5) is 30.0. The van der Waals surface area contributed by atoms with Crippen LogP contribution >= 0.6 is 11.3 Å². The summed E-state index contributed by atoms with van der Waals surface area (Å²) in [7, 11) is 1.32.